The fourth-order valence-corrected chi connectivity index (χ4v) is 1.35. The van der Waals surface area contributed by atoms with Crippen molar-refractivity contribution in [2.24, 2.45) is 0 Å². The smallest absolute Gasteiger partial charge is 0.315 e. The molecular formula is C9H9NO2. The molecule has 0 unspecified atom stereocenters. The van der Waals surface area contributed by atoms with Crippen LogP contribution in [0.5, 0.6) is 0 Å². The van der Waals surface area contributed by atoms with Gasteiger partial charge in [-0.15, -0.1) is 0 Å². The van der Waals surface area contributed by atoms with Crippen LogP contribution in [-0.4, -0.2) is 17.6 Å². The Balaban J connectivity index is 2.25. The largest absolute Gasteiger partial charge is 0.465 e. The van der Waals surface area contributed by atoms with Gasteiger partial charge in [-0.2, -0.15) is 0 Å². The third kappa shape index (κ3) is 1.18. The van der Waals surface area contributed by atoms with E-state index in [0.29, 0.717) is 6.61 Å². The Morgan fingerprint density at radius 1 is 1.50 bits per heavy atom. The average Bonchev–Trinajstić information content (AvgIpc) is 2.53. The Bertz CT molecular complexity index is 284. The summed E-state index contributed by atoms with van der Waals surface area (Å²) in [4.78, 5) is 15.2. The number of esters is 1. The number of pyridine rings is 1. The maximum Gasteiger partial charge on any atom is 0.315 e. The molecule has 2 rings (SSSR count). The highest BCUT2D eigenvalue weighted by molar-refractivity contribution is 5.79. The summed E-state index contributed by atoms with van der Waals surface area (Å²) in [5.41, 5.74) is 0.819. The van der Waals surface area contributed by atoms with E-state index < -0.39 is 0 Å². The van der Waals surface area contributed by atoms with E-state index in [-0.39, 0.29) is 11.9 Å². The normalized spacial score (nSPS) is 22.3. The standard InChI is InChI=1S/C9H9NO2/c11-9-7(4-6-12-9)8-3-1-2-5-10-8/h1-3,5,7H,4,6H2/t7-/m1/s1. The number of ether oxygens (including phenoxy) is 1. The van der Waals surface area contributed by atoms with E-state index >= 15 is 0 Å². The maximum atomic E-state index is 11.1. The van der Waals surface area contributed by atoms with E-state index in [1.807, 2.05) is 18.2 Å². The van der Waals surface area contributed by atoms with Gasteiger partial charge >= 0.3 is 5.97 Å². The summed E-state index contributed by atoms with van der Waals surface area (Å²) in [6.07, 6.45) is 2.46. The second-order valence-corrected chi connectivity index (χ2v) is 2.76. The van der Waals surface area contributed by atoms with Crippen LogP contribution >= 0.6 is 0 Å². The van der Waals surface area contributed by atoms with Gasteiger partial charge in [0.1, 0.15) is 5.92 Å². The molecule has 1 saturated heterocycles. The van der Waals surface area contributed by atoms with Crippen molar-refractivity contribution in [3.05, 3.63) is 30.1 Å². The number of rotatable bonds is 1. The third-order valence-electron chi connectivity index (χ3n) is 1.98. The molecule has 0 bridgehead atoms. The van der Waals surface area contributed by atoms with Crippen LogP contribution in [0.25, 0.3) is 0 Å². The van der Waals surface area contributed by atoms with E-state index in [2.05, 4.69) is 4.98 Å². The Morgan fingerprint density at radius 2 is 2.42 bits per heavy atom. The summed E-state index contributed by atoms with van der Waals surface area (Å²) < 4.78 is 4.84. The van der Waals surface area contributed by atoms with Crippen LogP contribution in [0.2, 0.25) is 0 Å². The van der Waals surface area contributed by atoms with Gasteiger partial charge in [-0.25, -0.2) is 0 Å². The molecule has 1 aliphatic rings. The van der Waals surface area contributed by atoms with Crippen molar-refractivity contribution in [3.63, 3.8) is 0 Å². The molecule has 0 N–H and O–H groups in total. The van der Waals surface area contributed by atoms with Crippen LogP contribution in [0.1, 0.15) is 18.0 Å². The van der Waals surface area contributed by atoms with E-state index in [0.717, 1.165) is 12.1 Å². The molecule has 1 aliphatic heterocycles. The number of nitrogens with zero attached hydrogens (tertiary/aromatic N) is 1. The first-order valence-corrected chi connectivity index (χ1v) is 3.95. The molecule has 3 nitrogen and oxygen atoms in total. The number of aromatic nitrogens is 1. The van der Waals surface area contributed by atoms with Crippen molar-refractivity contribution in [2.75, 3.05) is 6.61 Å². The van der Waals surface area contributed by atoms with E-state index in [1.165, 1.54) is 0 Å². The lowest BCUT2D eigenvalue weighted by Gasteiger charge is -2.02. The molecule has 0 aliphatic carbocycles. The number of hydrogen-bond donors (Lipinski definition) is 0. The first-order chi connectivity index (χ1) is 5.88. The van der Waals surface area contributed by atoms with Gasteiger partial charge in [0.15, 0.2) is 0 Å². The van der Waals surface area contributed by atoms with Crippen molar-refractivity contribution in [2.45, 2.75) is 12.3 Å². The molecule has 1 atom stereocenters. The van der Waals surface area contributed by atoms with Crippen molar-refractivity contribution in [1.29, 1.82) is 0 Å². The number of carbonyl (C=O) groups excluding carboxylic acids is 1. The fraction of sp³-hybridized carbons (Fsp3) is 0.333. The van der Waals surface area contributed by atoms with Gasteiger partial charge in [0, 0.05) is 12.6 Å². The van der Waals surface area contributed by atoms with Crippen LogP contribution in [0.4, 0.5) is 0 Å². The van der Waals surface area contributed by atoms with Gasteiger partial charge in [0.05, 0.1) is 12.3 Å². The summed E-state index contributed by atoms with van der Waals surface area (Å²) >= 11 is 0. The molecule has 0 saturated carbocycles. The zero-order valence-corrected chi connectivity index (χ0v) is 6.56. The number of hydrogen-bond acceptors (Lipinski definition) is 3. The summed E-state index contributed by atoms with van der Waals surface area (Å²) in [6, 6.07) is 5.58. The molecule has 62 valence electrons. The molecular weight excluding hydrogens is 154 g/mol. The van der Waals surface area contributed by atoms with Gasteiger partial charge in [-0.1, -0.05) is 6.07 Å². The lowest BCUT2D eigenvalue weighted by molar-refractivity contribution is -0.139. The van der Waals surface area contributed by atoms with E-state index in [1.54, 1.807) is 6.20 Å². The first kappa shape index (κ1) is 7.28. The summed E-state index contributed by atoms with van der Waals surface area (Å²) in [5, 5.41) is 0. The Kier molecular flexibility index (Phi) is 1.78. The van der Waals surface area contributed by atoms with E-state index in [9.17, 15) is 4.79 Å². The summed E-state index contributed by atoms with van der Waals surface area (Å²) in [7, 11) is 0. The summed E-state index contributed by atoms with van der Waals surface area (Å²) in [6.45, 7) is 0.528. The minimum atomic E-state index is -0.145. The second-order valence-electron chi connectivity index (χ2n) is 2.76. The Hall–Kier alpha value is -1.38. The molecule has 0 spiro atoms. The van der Waals surface area contributed by atoms with Crippen LogP contribution < -0.4 is 0 Å². The minimum Gasteiger partial charge on any atom is -0.465 e. The molecule has 0 aromatic carbocycles. The zero-order valence-electron chi connectivity index (χ0n) is 6.56. The molecule has 1 aromatic rings. The van der Waals surface area contributed by atoms with Crippen molar-refractivity contribution in [1.82, 2.24) is 4.98 Å². The SMILES string of the molecule is O=C1OCC[C@@H]1c1ccccn1. The monoisotopic (exact) mass is 163 g/mol. The molecule has 2 heterocycles. The van der Waals surface area contributed by atoms with Gasteiger partial charge < -0.3 is 4.74 Å². The van der Waals surface area contributed by atoms with Crippen molar-refractivity contribution < 1.29 is 9.53 Å². The highest BCUT2D eigenvalue weighted by atomic mass is 16.5. The predicted molar refractivity (Wildman–Crippen MR) is 42.6 cm³/mol. The average molecular weight is 163 g/mol. The summed E-state index contributed by atoms with van der Waals surface area (Å²) in [5.74, 6) is -0.278. The fourth-order valence-electron chi connectivity index (χ4n) is 1.35. The van der Waals surface area contributed by atoms with Crippen LogP contribution in [0.3, 0.4) is 0 Å². The van der Waals surface area contributed by atoms with Crippen molar-refractivity contribution >= 4 is 5.97 Å². The Labute approximate surface area is 70.4 Å². The van der Waals surface area contributed by atoms with E-state index in [4.69, 9.17) is 4.74 Å². The first-order valence-electron chi connectivity index (χ1n) is 3.95. The van der Waals surface area contributed by atoms with Crippen molar-refractivity contribution in [3.8, 4) is 0 Å². The number of carbonyl (C=O) groups is 1. The van der Waals surface area contributed by atoms with Crippen LogP contribution in [0, 0.1) is 0 Å². The molecule has 1 fully saturated rings. The third-order valence-corrected chi connectivity index (χ3v) is 1.98. The molecule has 1 aromatic heterocycles. The van der Waals surface area contributed by atoms with Crippen LogP contribution in [0.15, 0.2) is 24.4 Å². The molecule has 0 amide bonds. The van der Waals surface area contributed by atoms with Gasteiger partial charge in [0.25, 0.3) is 0 Å². The van der Waals surface area contributed by atoms with Gasteiger partial charge in [-0.05, 0) is 12.1 Å². The molecule has 12 heavy (non-hydrogen) atoms. The molecule has 3 heteroatoms. The maximum absolute atomic E-state index is 11.1. The minimum absolute atomic E-state index is 0.133. The highest BCUT2D eigenvalue weighted by Crippen LogP contribution is 2.24. The van der Waals surface area contributed by atoms with Crippen LogP contribution in [-0.2, 0) is 9.53 Å². The lowest BCUT2D eigenvalue weighted by Crippen LogP contribution is -2.06. The predicted octanol–water partition coefficient (Wildman–Crippen LogP) is 1.11. The topological polar surface area (TPSA) is 39.2 Å². The van der Waals surface area contributed by atoms with Gasteiger partial charge in [0.2, 0.25) is 0 Å². The zero-order chi connectivity index (χ0) is 8.39. The highest BCUT2D eigenvalue weighted by Gasteiger charge is 2.28. The van der Waals surface area contributed by atoms with Gasteiger partial charge in [-0.3, -0.25) is 9.78 Å². The lowest BCUT2D eigenvalue weighted by atomic mass is 10.0. The molecule has 0 radical (unpaired) electrons. The quantitative estimate of drug-likeness (QED) is 0.582. The Morgan fingerprint density at radius 3 is 3.00 bits per heavy atom. The second kappa shape index (κ2) is 2.93. The number of cyclic esters (lactones) is 1.